The van der Waals surface area contributed by atoms with Crippen LogP contribution in [0, 0.1) is 0 Å². The highest BCUT2D eigenvalue weighted by atomic mass is 32.1. The summed E-state index contributed by atoms with van der Waals surface area (Å²) in [6.07, 6.45) is 3.34. The smallest absolute Gasteiger partial charge is 0.225 e. The normalized spacial score (nSPS) is 12.1. The zero-order valence-corrected chi connectivity index (χ0v) is 12.6. The molecule has 104 valence electrons. The van der Waals surface area contributed by atoms with Crippen LogP contribution < -0.4 is 5.73 Å². The van der Waals surface area contributed by atoms with Gasteiger partial charge in [0.05, 0.1) is 22.3 Å². The maximum absolute atomic E-state index is 12.4. The topological polar surface area (TPSA) is 84.7 Å². The number of hydrogen-bond donors (Lipinski definition) is 2. The van der Waals surface area contributed by atoms with Gasteiger partial charge in [0.1, 0.15) is 0 Å². The number of rotatable bonds is 3. The first kappa shape index (κ1) is 14.7. The van der Waals surface area contributed by atoms with E-state index in [9.17, 15) is 4.79 Å². The number of hydrogen-bond acceptors (Lipinski definition) is 5. The molecule has 0 bridgehead atoms. The number of fused-ring (bicyclic) bond motifs is 1. The van der Waals surface area contributed by atoms with Gasteiger partial charge in [-0.3, -0.25) is 9.78 Å². The van der Waals surface area contributed by atoms with Crippen LogP contribution in [0.1, 0.15) is 34.0 Å². The van der Waals surface area contributed by atoms with E-state index in [0.717, 1.165) is 11.2 Å². The molecular weight excluding hydrogens is 292 g/mol. The molecule has 20 heavy (non-hydrogen) atoms. The molecule has 0 fully saturated rings. The number of nitrogens with one attached hydrogen (secondary N) is 1. The summed E-state index contributed by atoms with van der Waals surface area (Å²) in [4.78, 5) is 23.9. The first-order valence-corrected chi connectivity index (χ1v) is 6.72. The summed E-state index contributed by atoms with van der Waals surface area (Å²) in [6, 6.07) is 3.54. The van der Waals surface area contributed by atoms with Gasteiger partial charge in [-0.25, -0.2) is 4.98 Å². The van der Waals surface area contributed by atoms with E-state index in [-0.39, 0.29) is 25.3 Å². The van der Waals surface area contributed by atoms with Gasteiger partial charge in [-0.2, -0.15) is 13.5 Å². The number of ketones is 1. The summed E-state index contributed by atoms with van der Waals surface area (Å²) in [5, 5.41) is 2.26. The van der Waals surface area contributed by atoms with Crippen LogP contribution in [0.4, 0.5) is 0 Å². The Balaban J connectivity index is 0.00000147. The van der Waals surface area contributed by atoms with Crippen molar-refractivity contribution in [3.63, 3.8) is 0 Å². The van der Waals surface area contributed by atoms with Gasteiger partial charge in [0.15, 0.2) is 5.01 Å². The quantitative estimate of drug-likeness (QED) is 0.728. The minimum atomic E-state index is -0.168. The van der Waals surface area contributed by atoms with E-state index in [0.29, 0.717) is 16.1 Å². The second kappa shape index (κ2) is 5.74. The third-order valence-electron chi connectivity index (χ3n) is 2.86. The average molecular weight is 306 g/mol. The molecule has 3 N–H and O–H groups in total. The lowest BCUT2D eigenvalue weighted by molar-refractivity contribution is 0.103. The lowest BCUT2D eigenvalue weighted by Crippen LogP contribution is -2.07. The van der Waals surface area contributed by atoms with Gasteiger partial charge in [0.25, 0.3) is 0 Å². The molecule has 7 heteroatoms. The Labute approximate surface area is 126 Å². The van der Waals surface area contributed by atoms with E-state index in [1.165, 1.54) is 11.3 Å². The number of aromatic nitrogens is 3. The Kier molecular flexibility index (Phi) is 4.22. The number of thiazole rings is 1. The van der Waals surface area contributed by atoms with Crippen LogP contribution in [0.2, 0.25) is 0 Å². The highest BCUT2D eigenvalue weighted by Gasteiger charge is 2.19. The van der Waals surface area contributed by atoms with E-state index < -0.39 is 0 Å². The molecule has 1 atom stereocenters. The molecule has 3 heterocycles. The van der Waals surface area contributed by atoms with Gasteiger partial charge < -0.3 is 10.7 Å². The first-order valence-electron chi connectivity index (χ1n) is 5.84. The predicted octanol–water partition coefficient (Wildman–Crippen LogP) is 2.38. The number of carbonyl (C=O) groups excluding carboxylic acids is 1. The van der Waals surface area contributed by atoms with E-state index in [4.69, 9.17) is 5.73 Å². The Morgan fingerprint density at radius 2 is 2.30 bits per heavy atom. The second-order valence-corrected chi connectivity index (χ2v) is 5.16. The molecule has 0 spiro atoms. The van der Waals surface area contributed by atoms with Gasteiger partial charge >= 0.3 is 0 Å². The van der Waals surface area contributed by atoms with Gasteiger partial charge in [-0.1, -0.05) is 0 Å². The molecule has 0 saturated carbocycles. The van der Waals surface area contributed by atoms with Crippen molar-refractivity contribution in [2.75, 3.05) is 0 Å². The van der Waals surface area contributed by atoms with Gasteiger partial charge in [0.2, 0.25) is 5.78 Å². The van der Waals surface area contributed by atoms with Crippen molar-refractivity contribution in [2.24, 2.45) is 5.73 Å². The molecule has 0 aliphatic carbocycles. The molecular formula is C13H14N4OS2. The molecule has 0 unspecified atom stereocenters. The van der Waals surface area contributed by atoms with Crippen LogP contribution in [0.3, 0.4) is 0 Å². The van der Waals surface area contributed by atoms with Crippen LogP contribution in [0.15, 0.2) is 29.9 Å². The molecule has 3 aromatic heterocycles. The summed E-state index contributed by atoms with van der Waals surface area (Å²) >= 11 is 1.31. The van der Waals surface area contributed by atoms with Crippen LogP contribution in [-0.2, 0) is 0 Å². The fourth-order valence-electron chi connectivity index (χ4n) is 1.84. The van der Waals surface area contributed by atoms with Crippen LogP contribution in [-0.4, -0.2) is 20.7 Å². The van der Waals surface area contributed by atoms with Gasteiger partial charge in [-0.05, 0) is 19.1 Å². The highest BCUT2D eigenvalue weighted by Crippen LogP contribution is 2.22. The second-order valence-electron chi connectivity index (χ2n) is 4.30. The van der Waals surface area contributed by atoms with Crippen LogP contribution in [0.5, 0.6) is 0 Å². The number of aromatic amines is 1. The number of nitrogens with zero attached hydrogens (tertiary/aromatic N) is 2. The lowest BCUT2D eigenvalue weighted by atomic mass is 10.2. The zero-order chi connectivity index (χ0) is 13.4. The Morgan fingerprint density at radius 1 is 1.50 bits per heavy atom. The summed E-state index contributed by atoms with van der Waals surface area (Å²) < 4.78 is 0. The Morgan fingerprint density at radius 3 is 3.00 bits per heavy atom. The number of H-pyrrole nitrogens is 1. The molecule has 0 aromatic carbocycles. The molecule has 5 nitrogen and oxygen atoms in total. The fourth-order valence-corrected chi connectivity index (χ4v) is 2.72. The monoisotopic (exact) mass is 306 g/mol. The van der Waals surface area contributed by atoms with E-state index in [1.807, 2.05) is 24.4 Å². The van der Waals surface area contributed by atoms with Crippen molar-refractivity contribution < 1.29 is 4.79 Å². The predicted molar refractivity (Wildman–Crippen MR) is 84.6 cm³/mol. The Hall–Kier alpha value is -1.70. The third-order valence-corrected chi connectivity index (χ3v) is 3.72. The van der Waals surface area contributed by atoms with Crippen molar-refractivity contribution >= 4 is 41.6 Å². The zero-order valence-electron chi connectivity index (χ0n) is 10.8. The third kappa shape index (κ3) is 2.47. The number of pyridine rings is 1. The molecule has 0 radical (unpaired) electrons. The average Bonchev–Trinajstić information content (AvgIpc) is 3.05. The van der Waals surface area contributed by atoms with Gasteiger partial charge in [0, 0.05) is 23.8 Å². The summed E-state index contributed by atoms with van der Waals surface area (Å²) in [5.41, 5.74) is 8.54. The van der Waals surface area contributed by atoms with E-state index in [1.54, 1.807) is 12.4 Å². The summed E-state index contributed by atoms with van der Waals surface area (Å²) in [7, 11) is 0. The first-order chi connectivity index (χ1) is 9.16. The van der Waals surface area contributed by atoms with Crippen molar-refractivity contribution in [3.8, 4) is 0 Å². The van der Waals surface area contributed by atoms with Crippen molar-refractivity contribution in [2.45, 2.75) is 13.0 Å². The molecule has 0 aliphatic rings. The largest absolute Gasteiger partial charge is 0.359 e. The van der Waals surface area contributed by atoms with E-state index >= 15 is 0 Å². The maximum Gasteiger partial charge on any atom is 0.225 e. The standard InChI is InChI=1S/C13H12N4OS.H2S/c1-7(14)10-6-19-13(17-10)12(18)8-5-16-9-3-2-4-15-11(8)9;/h2-7,16H,14H2,1H3;1H2/t7-;/m0./s1. The molecule has 0 amide bonds. The molecule has 0 saturated heterocycles. The van der Waals surface area contributed by atoms with Crippen molar-refractivity contribution in [1.82, 2.24) is 15.0 Å². The fraction of sp³-hybridized carbons (Fsp3) is 0.154. The minimum absolute atomic E-state index is 0. The lowest BCUT2D eigenvalue weighted by Gasteiger charge is -1.97. The van der Waals surface area contributed by atoms with Gasteiger partial charge in [-0.15, -0.1) is 11.3 Å². The molecule has 3 rings (SSSR count). The van der Waals surface area contributed by atoms with Crippen LogP contribution in [0.25, 0.3) is 11.0 Å². The molecule has 3 aromatic rings. The summed E-state index contributed by atoms with van der Waals surface area (Å²) in [6.45, 7) is 1.84. The van der Waals surface area contributed by atoms with Crippen molar-refractivity contribution in [3.05, 3.63) is 46.2 Å². The molecule has 0 aliphatic heterocycles. The van der Waals surface area contributed by atoms with E-state index in [2.05, 4.69) is 15.0 Å². The number of nitrogens with two attached hydrogens (primary N) is 1. The Bertz CT molecular complexity index is 748. The van der Waals surface area contributed by atoms with Crippen molar-refractivity contribution in [1.29, 1.82) is 0 Å². The summed E-state index contributed by atoms with van der Waals surface area (Å²) in [5.74, 6) is -0.123. The maximum atomic E-state index is 12.4. The SMILES string of the molecule is C[C@H](N)c1csc(C(=O)c2c[nH]c3cccnc23)n1.S. The highest BCUT2D eigenvalue weighted by molar-refractivity contribution is 7.59. The van der Waals surface area contributed by atoms with Crippen LogP contribution >= 0.6 is 24.8 Å². The number of carbonyl (C=O) groups is 1. The minimum Gasteiger partial charge on any atom is -0.359 e.